The third-order valence-electron chi connectivity index (χ3n) is 3.44. The summed E-state index contributed by atoms with van der Waals surface area (Å²) in [5, 5.41) is 0. The Kier molecular flexibility index (Phi) is 5.90. The van der Waals surface area contributed by atoms with Gasteiger partial charge >= 0.3 is 0 Å². The van der Waals surface area contributed by atoms with E-state index in [1.807, 2.05) is 0 Å². The van der Waals surface area contributed by atoms with Gasteiger partial charge in [0, 0.05) is 0 Å². The first-order valence-electron chi connectivity index (χ1n) is 7.16. The second-order valence-electron chi connectivity index (χ2n) is 5.14. The number of carbonyl (C=O) groups is 1. The molecule has 5 nitrogen and oxygen atoms in total. The van der Waals surface area contributed by atoms with Crippen molar-refractivity contribution in [2.45, 2.75) is 43.1 Å². The van der Waals surface area contributed by atoms with Crippen LogP contribution in [0.1, 0.15) is 32.1 Å². The molecular weight excluding hydrogens is 292 g/mol. The summed E-state index contributed by atoms with van der Waals surface area (Å²) in [5.74, 6) is -0.361. The van der Waals surface area contributed by atoms with E-state index in [2.05, 4.69) is 0 Å². The highest BCUT2D eigenvalue weighted by molar-refractivity contribution is 7.86. The van der Waals surface area contributed by atoms with E-state index in [0.717, 1.165) is 25.7 Å². The predicted molar refractivity (Wildman–Crippen MR) is 77.4 cm³/mol. The van der Waals surface area contributed by atoms with Crippen molar-refractivity contribution in [3.8, 4) is 0 Å². The van der Waals surface area contributed by atoms with Gasteiger partial charge in [0.15, 0.2) is 5.78 Å². The van der Waals surface area contributed by atoms with Gasteiger partial charge in [-0.3, -0.25) is 8.98 Å². The summed E-state index contributed by atoms with van der Waals surface area (Å²) in [5.41, 5.74) is 0. The quantitative estimate of drug-likeness (QED) is 0.723. The Morgan fingerprint density at radius 3 is 2.38 bits per heavy atom. The number of hydrogen-bond donors (Lipinski definition) is 0. The standard InChI is InChI=1S/C15H20O5S/c16-13(11-19-14-7-3-1-4-8-14)12-20-21(17,18)15-9-5-2-6-10-15/h2,5-6,9-10,14H,1,3-4,7-8,11-12H2. The number of carbonyl (C=O) groups excluding carboxylic acids is 1. The van der Waals surface area contributed by atoms with Crippen LogP contribution in [0, 0.1) is 0 Å². The Bertz CT molecular complexity index is 547. The van der Waals surface area contributed by atoms with Crippen LogP contribution in [-0.4, -0.2) is 33.5 Å². The third kappa shape index (κ3) is 5.22. The Balaban J connectivity index is 1.75. The largest absolute Gasteiger partial charge is 0.370 e. The molecule has 1 aromatic rings. The topological polar surface area (TPSA) is 69.7 Å². The molecule has 0 heterocycles. The zero-order chi connectivity index (χ0) is 15.1. The van der Waals surface area contributed by atoms with Gasteiger partial charge in [0.1, 0.15) is 13.2 Å². The minimum absolute atomic E-state index is 0.0472. The van der Waals surface area contributed by atoms with Crippen LogP contribution >= 0.6 is 0 Å². The minimum Gasteiger partial charge on any atom is -0.370 e. The summed E-state index contributed by atoms with van der Waals surface area (Å²) in [7, 11) is -3.87. The summed E-state index contributed by atoms with van der Waals surface area (Å²) in [6.07, 6.45) is 5.52. The molecule has 116 valence electrons. The van der Waals surface area contributed by atoms with Crippen molar-refractivity contribution in [3.63, 3.8) is 0 Å². The molecule has 2 rings (SSSR count). The van der Waals surface area contributed by atoms with Gasteiger partial charge in [-0.1, -0.05) is 37.5 Å². The molecule has 0 spiro atoms. The predicted octanol–water partition coefficient (Wildman–Crippen LogP) is 2.31. The highest BCUT2D eigenvalue weighted by Gasteiger charge is 2.18. The van der Waals surface area contributed by atoms with Crippen LogP contribution in [0.15, 0.2) is 35.2 Å². The maximum Gasteiger partial charge on any atom is 0.297 e. The number of rotatable bonds is 7. The van der Waals surface area contributed by atoms with Gasteiger partial charge in [0.05, 0.1) is 11.0 Å². The van der Waals surface area contributed by atoms with Gasteiger partial charge in [-0.15, -0.1) is 0 Å². The van der Waals surface area contributed by atoms with Crippen LogP contribution in [0.2, 0.25) is 0 Å². The van der Waals surface area contributed by atoms with E-state index in [4.69, 9.17) is 8.92 Å². The van der Waals surface area contributed by atoms with Gasteiger partial charge in [-0.2, -0.15) is 8.42 Å². The second kappa shape index (κ2) is 7.68. The Labute approximate surface area is 125 Å². The van der Waals surface area contributed by atoms with E-state index in [9.17, 15) is 13.2 Å². The summed E-state index contributed by atoms with van der Waals surface area (Å²) < 4.78 is 33.9. The van der Waals surface area contributed by atoms with Crippen molar-refractivity contribution in [2.24, 2.45) is 0 Å². The van der Waals surface area contributed by atoms with Gasteiger partial charge in [0.25, 0.3) is 10.1 Å². The fraction of sp³-hybridized carbons (Fsp3) is 0.533. The Hall–Kier alpha value is -1.24. The number of ketones is 1. The molecule has 21 heavy (non-hydrogen) atoms. The van der Waals surface area contributed by atoms with Crippen LogP contribution in [0.4, 0.5) is 0 Å². The van der Waals surface area contributed by atoms with Crippen LogP contribution in [0.25, 0.3) is 0 Å². The first-order chi connectivity index (χ1) is 10.1. The van der Waals surface area contributed by atoms with E-state index in [0.29, 0.717) is 0 Å². The molecule has 6 heteroatoms. The summed E-state index contributed by atoms with van der Waals surface area (Å²) in [6.45, 7) is -0.571. The van der Waals surface area contributed by atoms with Crippen molar-refractivity contribution in [2.75, 3.05) is 13.2 Å². The minimum atomic E-state index is -3.87. The van der Waals surface area contributed by atoms with E-state index in [1.165, 1.54) is 18.6 Å². The first-order valence-corrected chi connectivity index (χ1v) is 8.56. The fourth-order valence-electron chi connectivity index (χ4n) is 2.28. The van der Waals surface area contributed by atoms with Crippen LogP contribution in [0.3, 0.4) is 0 Å². The smallest absolute Gasteiger partial charge is 0.297 e. The molecule has 0 saturated heterocycles. The highest BCUT2D eigenvalue weighted by Crippen LogP contribution is 2.20. The number of hydrogen-bond acceptors (Lipinski definition) is 5. The average molecular weight is 312 g/mol. The molecular formula is C15H20O5S. The van der Waals surface area contributed by atoms with E-state index < -0.39 is 16.7 Å². The summed E-state index contributed by atoms with van der Waals surface area (Å²) in [4.78, 5) is 11.7. The Morgan fingerprint density at radius 1 is 1.05 bits per heavy atom. The molecule has 1 aliphatic rings. The first kappa shape index (κ1) is 16.1. The summed E-state index contributed by atoms with van der Waals surface area (Å²) >= 11 is 0. The molecule has 0 unspecified atom stereocenters. The maximum atomic E-state index is 11.8. The van der Waals surface area contributed by atoms with Crippen molar-refractivity contribution in [1.82, 2.24) is 0 Å². The number of benzene rings is 1. The lowest BCUT2D eigenvalue weighted by molar-refractivity contribution is -0.128. The van der Waals surface area contributed by atoms with Gasteiger partial charge < -0.3 is 4.74 Å². The molecule has 0 bridgehead atoms. The van der Waals surface area contributed by atoms with Crippen molar-refractivity contribution >= 4 is 15.9 Å². The van der Waals surface area contributed by atoms with Crippen LogP contribution in [0.5, 0.6) is 0 Å². The lowest BCUT2D eigenvalue weighted by atomic mass is 9.98. The van der Waals surface area contributed by atoms with Crippen molar-refractivity contribution in [3.05, 3.63) is 30.3 Å². The molecule has 0 amide bonds. The van der Waals surface area contributed by atoms with Crippen LogP contribution in [-0.2, 0) is 23.8 Å². The van der Waals surface area contributed by atoms with E-state index >= 15 is 0 Å². The lowest BCUT2D eigenvalue weighted by Crippen LogP contribution is -2.24. The molecule has 0 aliphatic heterocycles. The second-order valence-corrected chi connectivity index (χ2v) is 6.75. The van der Waals surface area contributed by atoms with E-state index in [1.54, 1.807) is 18.2 Å². The zero-order valence-corrected chi connectivity index (χ0v) is 12.7. The molecule has 0 atom stereocenters. The van der Waals surface area contributed by atoms with Crippen molar-refractivity contribution in [1.29, 1.82) is 0 Å². The number of Topliss-reactive ketones (excluding diaryl/α,β-unsaturated/α-hetero) is 1. The molecule has 1 fully saturated rings. The van der Waals surface area contributed by atoms with Gasteiger partial charge in [-0.05, 0) is 25.0 Å². The molecule has 1 aromatic carbocycles. The lowest BCUT2D eigenvalue weighted by Gasteiger charge is -2.21. The monoisotopic (exact) mass is 312 g/mol. The van der Waals surface area contributed by atoms with Crippen LogP contribution < -0.4 is 0 Å². The fourth-order valence-corrected chi connectivity index (χ4v) is 3.20. The van der Waals surface area contributed by atoms with Gasteiger partial charge in [0.2, 0.25) is 0 Å². The number of ether oxygens (including phenoxy) is 1. The average Bonchev–Trinajstić information content (AvgIpc) is 2.53. The van der Waals surface area contributed by atoms with Gasteiger partial charge in [-0.25, -0.2) is 0 Å². The van der Waals surface area contributed by atoms with E-state index in [-0.39, 0.29) is 23.4 Å². The molecule has 0 radical (unpaired) electrons. The summed E-state index contributed by atoms with van der Waals surface area (Å²) in [6, 6.07) is 7.77. The highest BCUT2D eigenvalue weighted by atomic mass is 32.2. The maximum absolute atomic E-state index is 11.8. The Morgan fingerprint density at radius 2 is 1.71 bits per heavy atom. The zero-order valence-electron chi connectivity index (χ0n) is 11.9. The SMILES string of the molecule is O=C(COC1CCCCC1)COS(=O)(=O)c1ccccc1. The molecule has 0 aromatic heterocycles. The molecule has 0 N–H and O–H groups in total. The normalized spacial score (nSPS) is 16.8. The molecule has 1 aliphatic carbocycles. The molecule has 1 saturated carbocycles. The third-order valence-corrected chi connectivity index (χ3v) is 4.72. The van der Waals surface area contributed by atoms with Crippen molar-refractivity contribution < 1.29 is 22.1 Å².